The molecule has 1 unspecified atom stereocenters. The van der Waals surface area contributed by atoms with Gasteiger partial charge in [-0.3, -0.25) is 0 Å². The topological polar surface area (TPSA) is 26.8 Å². The van der Waals surface area contributed by atoms with E-state index in [9.17, 15) is 0 Å². The third-order valence-corrected chi connectivity index (χ3v) is 10.5. The highest BCUT2D eigenvalue weighted by molar-refractivity contribution is 6.07. The molecule has 0 N–H and O–H groups in total. The van der Waals surface area contributed by atoms with Crippen LogP contribution in [0.4, 0.5) is 0 Å². The molecule has 0 fully saturated rings. The molecule has 6 heterocycles. The van der Waals surface area contributed by atoms with E-state index in [1.807, 2.05) is 0 Å². The van der Waals surface area contributed by atoms with E-state index >= 15 is 0 Å². The van der Waals surface area contributed by atoms with E-state index < -0.39 is 5.66 Å². The lowest BCUT2D eigenvalue weighted by Crippen LogP contribution is -2.76. The third-order valence-electron chi connectivity index (χ3n) is 10.5. The van der Waals surface area contributed by atoms with Gasteiger partial charge in [-0.05, 0) is 93.8 Å². The zero-order valence-corrected chi connectivity index (χ0v) is 24.6. The molecule has 0 amide bonds. The molecule has 0 saturated heterocycles. The smallest absolute Gasteiger partial charge is 0.397 e. The summed E-state index contributed by atoms with van der Waals surface area (Å²) in [5.41, 5.74) is 8.66. The van der Waals surface area contributed by atoms with Crippen LogP contribution in [0.2, 0.25) is 0 Å². The van der Waals surface area contributed by atoms with Crippen molar-refractivity contribution in [3.63, 3.8) is 0 Å². The number of nitrogens with zero attached hydrogens (tertiary/aromatic N) is 4. The van der Waals surface area contributed by atoms with Gasteiger partial charge in [-0.25, -0.2) is 0 Å². The molecule has 0 aliphatic carbocycles. The Morgan fingerprint density at radius 2 is 1.28 bits per heavy atom. The van der Waals surface area contributed by atoms with Crippen molar-refractivity contribution >= 4 is 43.5 Å². The minimum atomic E-state index is -0.675. The molecule has 46 heavy (non-hydrogen) atoms. The number of fused-ring (bicyclic) bond motifs is 8. The van der Waals surface area contributed by atoms with Gasteiger partial charge in [0.2, 0.25) is 6.20 Å². The average Bonchev–Trinajstić information content (AvgIpc) is 3.77. The van der Waals surface area contributed by atoms with Crippen LogP contribution in [-0.2, 0) is 5.66 Å². The van der Waals surface area contributed by atoms with Gasteiger partial charge in [0.15, 0.2) is 11.3 Å². The van der Waals surface area contributed by atoms with Crippen LogP contribution in [0, 0.1) is 0 Å². The minimum Gasteiger partial charge on any atom is -0.456 e. The summed E-state index contributed by atoms with van der Waals surface area (Å²) >= 11 is 0. The second-order valence-corrected chi connectivity index (χ2v) is 12.7. The molecule has 5 nitrogen and oxygen atoms in total. The molecule has 3 aliphatic rings. The molecule has 1 atom stereocenters. The Labute approximate surface area is 263 Å². The van der Waals surface area contributed by atoms with Gasteiger partial charge in [-0.15, -0.1) is 4.68 Å². The monoisotopic (exact) mass is 588 g/mol. The second kappa shape index (κ2) is 7.71. The van der Waals surface area contributed by atoms with Crippen molar-refractivity contribution in [1.29, 1.82) is 0 Å². The second-order valence-electron chi connectivity index (χ2n) is 12.7. The molecule has 6 aromatic carbocycles. The first kappa shape index (κ1) is 23.2. The number of rotatable bonds is 1. The fourth-order valence-electron chi connectivity index (χ4n) is 8.69. The van der Waals surface area contributed by atoms with Crippen molar-refractivity contribution < 1.29 is 14.0 Å². The molecule has 3 aliphatic heterocycles. The molecule has 5 heteroatoms. The first-order chi connectivity index (χ1) is 22.8. The first-order valence-corrected chi connectivity index (χ1v) is 15.8. The number of pyridine rings is 1. The summed E-state index contributed by atoms with van der Waals surface area (Å²) in [6.07, 6.45) is 6.87. The summed E-state index contributed by atoms with van der Waals surface area (Å²) in [6, 6.07) is 46.2. The quantitative estimate of drug-likeness (QED) is 0.140. The highest BCUT2D eigenvalue weighted by Crippen LogP contribution is 2.54. The van der Waals surface area contributed by atoms with E-state index in [4.69, 9.17) is 4.74 Å². The minimum absolute atomic E-state index is 0.675. The van der Waals surface area contributed by atoms with Crippen LogP contribution in [0.15, 0.2) is 146 Å². The molecule has 9 aromatic rings. The lowest BCUT2D eigenvalue weighted by atomic mass is 9.84. The van der Waals surface area contributed by atoms with Gasteiger partial charge in [0.25, 0.3) is 0 Å². The van der Waals surface area contributed by atoms with Gasteiger partial charge in [-0.2, -0.15) is 9.13 Å². The number of para-hydroxylation sites is 1. The lowest BCUT2D eigenvalue weighted by Gasteiger charge is -2.32. The number of hydrogen-bond donors (Lipinski definition) is 0. The molecule has 212 valence electrons. The van der Waals surface area contributed by atoms with E-state index in [-0.39, 0.29) is 0 Å². The molecule has 0 saturated carbocycles. The molecule has 3 aromatic heterocycles. The lowest BCUT2D eigenvalue weighted by molar-refractivity contribution is -0.987. The van der Waals surface area contributed by atoms with Crippen LogP contribution >= 0.6 is 0 Å². The Morgan fingerprint density at radius 3 is 2.15 bits per heavy atom. The normalized spacial score (nSPS) is 16.5. The molecule has 1 spiro atoms. The van der Waals surface area contributed by atoms with Crippen LogP contribution in [-0.4, -0.2) is 9.25 Å². The van der Waals surface area contributed by atoms with Crippen LogP contribution in [0.3, 0.4) is 0 Å². The van der Waals surface area contributed by atoms with Crippen LogP contribution in [0.5, 0.6) is 11.5 Å². The van der Waals surface area contributed by atoms with Gasteiger partial charge < -0.3 is 4.74 Å². The van der Waals surface area contributed by atoms with E-state index in [1.165, 1.54) is 60.2 Å². The maximum absolute atomic E-state index is 6.76. The van der Waals surface area contributed by atoms with Crippen LogP contribution in [0.25, 0.3) is 66.0 Å². The van der Waals surface area contributed by atoms with Crippen molar-refractivity contribution in [3.05, 3.63) is 157 Å². The van der Waals surface area contributed by atoms with Crippen molar-refractivity contribution in [2.75, 3.05) is 0 Å². The van der Waals surface area contributed by atoms with Gasteiger partial charge in [0.1, 0.15) is 28.3 Å². The van der Waals surface area contributed by atoms with E-state index in [0.717, 1.165) is 28.4 Å². The van der Waals surface area contributed by atoms with E-state index in [2.05, 4.69) is 164 Å². The highest BCUT2D eigenvalue weighted by atomic mass is 16.5. The Bertz CT molecular complexity index is 2860. The predicted octanol–water partition coefficient (Wildman–Crippen LogP) is 8.15. The van der Waals surface area contributed by atoms with Crippen LogP contribution < -0.4 is 14.0 Å². The molecule has 0 bridgehead atoms. The Balaban J connectivity index is 1.21. The summed E-state index contributed by atoms with van der Waals surface area (Å²) < 4.78 is 16.4. The Hall–Kier alpha value is -6.20. The largest absolute Gasteiger partial charge is 0.456 e. The number of ether oxygens (including phenoxy) is 1. The SMILES string of the molecule is c1cc2c3c(c1)-n1c4ccccc4c4ccc[n+](c41)C31c3c(cccc3-n3cc(-c4ccc5cc6ccccc6cc5c4)c[n+]31)O2. The van der Waals surface area contributed by atoms with Gasteiger partial charge in [-0.1, -0.05) is 65.3 Å². The van der Waals surface area contributed by atoms with E-state index in [0.29, 0.717) is 0 Å². The third kappa shape index (κ3) is 2.51. The zero-order valence-electron chi connectivity index (χ0n) is 24.6. The molecular formula is C41H24N4O+2. The van der Waals surface area contributed by atoms with Crippen molar-refractivity contribution in [3.8, 4) is 34.0 Å². The molecular weight excluding hydrogens is 564 g/mol. The fraction of sp³-hybridized carbons (Fsp3) is 0.0244. The highest BCUT2D eigenvalue weighted by Gasteiger charge is 2.68. The summed E-state index contributed by atoms with van der Waals surface area (Å²) in [5, 5.41) is 7.50. The van der Waals surface area contributed by atoms with Gasteiger partial charge in [0, 0.05) is 5.39 Å². The number of benzene rings is 6. The van der Waals surface area contributed by atoms with E-state index in [1.54, 1.807) is 0 Å². The maximum Gasteiger partial charge on any atom is 0.397 e. The number of aromatic nitrogens is 4. The summed E-state index contributed by atoms with van der Waals surface area (Å²) in [7, 11) is 0. The first-order valence-electron chi connectivity index (χ1n) is 15.8. The number of hydrogen-bond acceptors (Lipinski definition) is 1. The summed E-state index contributed by atoms with van der Waals surface area (Å²) in [5.74, 6) is 1.78. The van der Waals surface area contributed by atoms with Crippen LogP contribution in [0.1, 0.15) is 11.1 Å². The Morgan fingerprint density at radius 1 is 0.565 bits per heavy atom. The molecule has 12 rings (SSSR count). The Kier molecular flexibility index (Phi) is 3.89. The van der Waals surface area contributed by atoms with Crippen molar-refractivity contribution in [2.45, 2.75) is 5.66 Å². The summed E-state index contributed by atoms with van der Waals surface area (Å²) in [6.45, 7) is 0. The average molecular weight is 589 g/mol. The standard InChI is InChI=1S/C41H24N4O/c1-2-9-26-21-29-22-28(18-17-27(29)20-25(26)8-1)30-23-43-34-13-5-15-36-38(34)41(44(43)24-30)39-35(14-6-16-37(39)46-36)45-33-12-4-3-10-31(33)32-11-7-19-42(41)40(32)45/h1-24H/q+2. The van der Waals surface area contributed by atoms with Gasteiger partial charge in [0.05, 0.1) is 23.3 Å². The van der Waals surface area contributed by atoms with Gasteiger partial charge >= 0.3 is 11.3 Å². The fourth-order valence-corrected chi connectivity index (χ4v) is 8.69. The van der Waals surface area contributed by atoms with Crippen molar-refractivity contribution in [2.24, 2.45) is 0 Å². The predicted molar refractivity (Wildman–Crippen MR) is 179 cm³/mol. The maximum atomic E-state index is 6.76. The van der Waals surface area contributed by atoms with Crippen molar-refractivity contribution in [1.82, 2.24) is 9.25 Å². The summed E-state index contributed by atoms with van der Waals surface area (Å²) in [4.78, 5) is 0. The zero-order chi connectivity index (χ0) is 29.7. The molecule has 0 radical (unpaired) electrons.